The monoisotopic (exact) mass is 365 g/mol. The van der Waals surface area contributed by atoms with Crippen molar-refractivity contribution < 1.29 is 9.72 Å². The first-order chi connectivity index (χ1) is 13.0. The fourth-order valence-electron chi connectivity index (χ4n) is 2.47. The van der Waals surface area contributed by atoms with Gasteiger partial charge in [-0.25, -0.2) is 4.68 Å². The van der Waals surface area contributed by atoms with Crippen LogP contribution < -0.4 is 5.32 Å². The quantitative estimate of drug-likeness (QED) is 0.526. The van der Waals surface area contributed by atoms with Gasteiger partial charge in [0.15, 0.2) is 5.82 Å². The van der Waals surface area contributed by atoms with E-state index in [4.69, 9.17) is 0 Å². The lowest BCUT2D eigenvalue weighted by Crippen LogP contribution is -2.26. The third-order valence-electron chi connectivity index (χ3n) is 3.87. The molecule has 0 saturated carbocycles. The van der Waals surface area contributed by atoms with E-state index in [1.54, 1.807) is 19.1 Å². The van der Waals surface area contributed by atoms with Crippen molar-refractivity contribution in [2.45, 2.75) is 13.5 Å². The zero-order valence-corrected chi connectivity index (χ0v) is 14.3. The van der Waals surface area contributed by atoms with Gasteiger partial charge in [0, 0.05) is 0 Å². The van der Waals surface area contributed by atoms with Gasteiger partial charge in [0.25, 0.3) is 0 Å². The first-order valence-corrected chi connectivity index (χ1v) is 8.01. The number of hydrogen-bond acceptors (Lipinski definition) is 6. The number of hydrogen-bond donors (Lipinski definition) is 1. The Balaban J connectivity index is 1.78. The maximum absolute atomic E-state index is 12.6. The van der Waals surface area contributed by atoms with E-state index in [9.17, 15) is 20.2 Å². The summed E-state index contributed by atoms with van der Waals surface area (Å²) < 4.78 is 2.81. The van der Waals surface area contributed by atoms with Crippen LogP contribution >= 0.6 is 0 Å². The minimum atomic E-state index is -0.550. The Kier molecular flexibility index (Phi) is 4.94. The fourth-order valence-corrected chi connectivity index (χ4v) is 2.47. The van der Waals surface area contributed by atoms with Crippen molar-refractivity contribution in [1.82, 2.24) is 19.6 Å². The average molecular weight is 365 g/mol. The van der Waals surface area contributed by atoms with Crippen LogP contribution in [-0.4, -0.2) is 30.4 Å². The Labute approximate surface area is 153 Å². The van der Waals surface area contributed by atoms with Crippen LogP contribution in [0, 0.1) is 27.4 Å². The van der Waals surface area contributed by atoms with Crippen molar-refractivity contribution in [1.29, 1.82) is 5.26 Å². The van der Waals surface area contributed by atoms with E-state index in [-0.39, 0.29) is 29.5 Å². The number of nitrogens with one attached hydrogen (secondary N) is 1. The molecule has 3 rings (SSSR count). The topological polar surface area (TPSA) is 132 Å². The van der Waals surface area contributed by atoms with E-state index in [2.05, 4.69) is 15.5 Å². The number of amides is 1. The fraction of sp³-hybridized carbons (Fsp3) is 0.176. The molecule has 0 unspecified atom stereocenters. The smallest absolute Gasteiger partial charge is 0.306 e. The average Bonchev–Trinajstić information content (AvgIpc) is 3.29. The van der Waals surface area contributed by atoms with Gasteiger partial charge in [-0.1, -0.05) is 25.1 Å². The Morgan fingerprint density at radius 3 is 2.70 bits per heavy atom. The lowest BCUT2D eigenvalue weighted by Gasteiger charge is -2.14. The zero-order valence-electron chi connectivity index (χ0n) is 14.3. The molecular formula is C17H15N7O3. The molecule has 0 aliphatic carbocycles. The largest absolute Gasteiger partial charge is 0.309 e. The molecule has 0 aliphatic rings. The van der Waals surface area contributed by atoms with Gasteiger partial charge in [-0.05, 0) is 12.1 Å². The molecule has 0 aliphatic heterocycles. The highest BCUT2D eigenvalue weighted by atomic mass is 16.6. The molecule has 0 radical (unpaired) electrons. The number of rotatable bonds is 6. The van der Waals surface area contributed by atoms with E-state index >= 15 is 0 Å². The zero-order chi connectivity index (χ0) is 19.4. The van der Waals surface area contributed by atoms with E-state index in [1.807, 2.05) is 24.3 Å². The van der Waals surface area contributed by atoms with E-state index < -0.39 is 10.8 Å². The van der Waals surface area contributed by atoms with Gasteiger partial charge < -0.3 is 5.32 Å². The lowest BCUT2D eigenvalue weighted by molar-refractivity contribution is -0.385. The molecule has 136 valence electrons. The number of nitro groups is 1. The summed E-state index contributed by atoms with van der Waals surface area (Å²) in [5.41, 5.74) is 0.787. The maximum atomic E-state index is 12.6. The SMILES string of the molecule is C[C@H](Cn1cc([N+](=O)[O-])cn1)C(=O)Nc1c(C#N)cnn1-c1ccccc1. The molecule has 0 spiro atoms. The van der Waals surface area contributed by atoms with Crippen molar-refractivity contribution >= 4 is 17.4 Å². The van der Waals surface area contributed by atoms with Crippen LogP contribution in [0.2, 0.25) is 0 Å². The highest BCUT2D eigenvalue weighted by Gasteiger charge is 2.20. The summed E-state index contributed by atoms with van der Waals surface area (Å²) in [6.45, 7) is 1.82. The summed E-state index contributed by atoms with van der Waals surface area (Å²) in [5.74, 6) is -0.635. The van der Waals surface area contributed by atoms with Gasteiger partial charge in [0.2, 0.25) is 5.91 Å². The molecule has 0 fully saturated rings. The first kappa shape index (κ1) is 17.8. The lowest BCUT2D eigenvalue weighted by atomic mass is 10.1. The Morgan fingerprint density at radius 1 is 1.33 bits per heavy atom. The molecule has 2 aromatic heterocycles. The number of carbonyl (C=O) groups excluding carboxylic acids is 1. The molecule has 1 N–H and O–H groups in total. The van der Waals surface area contributed by atoms with Gasteiger partial charge in [0.05, 0.1) is 29.3 Å². The predicted octanol–water partition coefficient (Wildman–Crippen LogP) is 2.12. The number of para-hydroxylation sites is 1. The second-order valence-corrected chi connectivity index (χ2v) is 5.83. The molecule has 1 atom stereocenters. The Hall–Kier alpha value is -4.00. The summed E-state index contributed by atoms with van der Waals surface area (Å²) in [4.78, 5) is 22.7. The summed E-state index contributed by atoms with van der Waals surface area (Å²) in [6.07, 6.45) is 3.77. The molecule has 0 bridgehead atoms. The minimum absolute atomic E-state index is 0.142. The number of aromatic nitrogens is 4. The van der Waals surface area contributed by atoms with Crippen molar-refractivity contribution in [2.75, 3.05) is 5.32 Å². The second-order valence-electron chi connectivity index (χ2n) is 5.83. The normalized spacial score (nSPS) is 11.6. The van der Waals surface area contributed by atoms with Gasteiger partial charge >= 0.3 is 5.69 Å². The van der Waals surface area contributed by atoms with Crippen LogP contribution in [0.5, 0.6) is 0 Å². The molecule has 1 amide bonds. The third-order valence-corrected chi connectivity index (χ3v) is 3.87. The van der Waals surface area contributed by atoms with Gasteiger partial charge in [-0.3, -0.25) is 19.6 Å². The molecule has 1 aromatic carbocycles. The summed E-state index contributed by atoms with van der Waals surface area (Å²) in [5, 5.41) is 30.8. The third kappa shape index (κ3) is 3.82. The molecular weight excluding hydrogens is 350 g/mol. The highest BCUT2D eigenvalue weighted by Crippen LogP contribution is 2.20. The van der Waals surface area contributed by atoms with Crippen molar-refractivity contribution in [3.63, 3.8) is 0 Å². The number of carbonyl (C=O) groups is 1. The van der Waals surface area contributed by atoms with Crippen LogP contribution in [0.1, 0.15) is 12.5 Å². The summed E-state index contributed by atoms with van der Waals surface area (Å²) in [7, 11) is 0. The molecule has 3 aromatic rings. The van der Waals surface area contributed by atoms with Crippen molar-refractivity contribution in [3.05, 3.63) is 64.6 Å². The minimum Gasteiger partial charge on any atom is -0.309 e. The maximum Gasteiger partial charge on any atom is 0.306 e. The summed E-state index contributed by atoms with van der Waals surface area (Å²) >= 11 is 0. The van der Waals surface area contributed by atoms with Gasteiger partial charge in [-0.2, -0.15) is 15.5 Å². The van der Waals surface area contributed by atoms with E-state index in [1.165, 1.54) is 21.8 Å². The van der Waals surface area contributed by atoms with Gasteiger partial charge in [0.1, 0.15) is 24.0 Å². The van der Waals surface area contributed by atoms with Gasteiger partial charge in [-0.15, -0.1) is 0 Å². The Bertz CT molecular complexity index is 1020. The standard InChI is InChI=1S/C17H15N7O3/c1-12(10-22-11-15(9-19-22)24(26)27)17(25)21-16-13(7-18)8-20-23(16)14-5-3-2-4-6-14/h2-6,8-9,11-12H,10H2,1H3,(H,21,25)/t12-/m1/s1. The first-order valence-electron chi connectivity index (χ1n) is 8.01. The molecule has 0 saturated heterocycles. The molecule has 2 heterocycles. The summed E-state index contributed by atoms with van der Waals surface area (Å²) in [6, 6.07) is 11.1. The van der Waals surface area contributed by atoms with Crippen LogP contribution in [0.3, 0.4) is 0 Å². The molecule has 10 heteroatoms. The van der Waals surface area contributed by atoms with Crippen molar-refractivity contribution in [3.8, 4) is 11.8 Å². The molecule has 10 nitrogen and oxygen atoms in total. The van der Waals surface area contributed by atoms with Crippen LogP contribution in [-0.2, 0) is 11.3 Å². The van der Waals surface area contributed by atoms with Crippen LogP contribution in [0.4, 0.5) is 11.5 Å². The number of benzene rings is 1. The predicted molar refractivity (Wildman–Crippen MR) is 95.0 cm³/mol. The number of nitrogens with zero attached hydrogens (tertiary/aromatic N) is 6. The van der Waals surface area contributed by atoms with E-state index in [0.717, 1.165) is 6.20 Å². The second kappa shape index (κ2) is 7.49. The van der Waals surface area contributed by atoms with Crippen LogP contribution in [0.25, 0.3) is 5.69 Å². The highest BCUT2D eigenvalue weighted by molar-refractivity contribution is 5.92. The van der Waals surface area contributed by atoms with E-state index in [0.29, 0.717) is 5.69 Å². The van der Waals surface area contributed by atoms with Crippen LogP contribution in [0.15, 0.2) is 48.9 Å². The van der Waals surface area contributed by atoms with Crippen molar-refractivity contribution in [2.24, 2.45) is 5.92 Å². The number of nitriles is 1. The Morgan fingerprint density at radius 2 is 2.07 bits per heavy atom. The molecule has 27 heavy (non-hydrogen) atoms. The number of anilines is 1.